The molecule has 1 aromatic heterocycles. The summed E-state index contributed by atoms with van der Waals surface area (Å²) in [5.41, 5.74) is 0.848. The molecule has 0 spiro atoms. The predicted molar refractivity (Wildman–Crippen MR) is 95.9 cm³/mol. The summed E-state index contributed by atoms with van der Waals surface area (Å²) >= 11 is 0. The van der Waals surface area contributed by atoms with Gasteiger partial charge in [0.1, 0.15) is 11.6 Å². The van der Waals surface area contributed by atoms with Gasteiger partial charge in [-0.05, 0) is 17.7 Å². The molecule has 0 radical (unpaired) electrons. The summed E-state index contributed by atoms with van der Waals surface area (Å²) in [6.07, 6.45) is 0.261. The molecule has 0 aliphatic rings. The molecule has 1 amide bonds. The first-order valence-electron chi connectivity index (χ1n) is 8.04. The normalized spacial score (nSPS) is 11.7. The Morgan fingerprint density at radius 1 is 1.08 bits per heavy atom. The number of fused-ring (bicyclic) bond motifs is 1. The van der Waals surface area contributed by atoms with E-state index in [1.54, 1.807) is 24.3 Å². The predicted octanol–water partition coefficient (Wildman–Crippen LogP) is 2.31. The van der Waals surface area contributed by atoms with E-state index in [0.717, 1.165) is 11.6 Å². The van der Waals surface area contributed by atoms with E-state index < -0.39 is 17.9 Å². The van der Waals surface area contributed by atoms with Gasteiger partial charge in [0.15, 0.2) is 11.2 Å². The molecular formula is C20H17NO5. The Labute approximate surface area is 149 Å². The number of hydrogen-bond donors (Lipinski definition) is 1. The fourth-order valence-electron chi connectivity index (χ4n) is 2.63. The van der Waals surface area contributed by atoms with Crippen LogP contribution in [0.15, 0.2) is 69.9 Å². The Hall–Kier alpha value is -3.41. The lowest BCUT2D eigenvalue weighted by atomic mass is 10.1. The second-order valence-corrected chi connectivity index (χ2v) is 5.71. The summed E-state index contributed by atoms with van der Waals surface area (Å²) in [7, 11) is 1.25. The van der Waals surface area contributed by atoms with Gasteiger partial charge in [-0.25, -0.2) is 4.79 Å². The Morgan fingerprint density at radius 3 is 2.50 bits per heavy atom. The highest BCUT2D eigenvalue weighted by Crippen LogP contribution is 2.12. The van der Waals surface area contributed by atoms with E-state index in [9.17, 15) is 14.4 Å². The van der Waals surface area contributed by atoms with Crippen LogP contribution in [-0.4, -0.2) is 25.0 Å². The molecule has 1 atom stereocenters. The molecule has 132 valence electrons. The summed E-state index contributed by atoms with van der Waals surface area (Å²) in [5.74, 6) is -1.39. The van der Waals surface area contributed by atoms with Gasteiger partial charge in [0, 0.05) is 12.5 Å². The van der Waals surface area contributed by atoms with Crippen LogP contribution in [0.25, 0.3) is 11.0 Å². The van der Waals surface area contributed by atoms with Gasteiger partial charge in [-0.1, -0.05) is 42.5 Å². The molecule has 0 aliphatic heterocycles. The van der Waals surface area contributed by atoms with Crippen molar-refractivity contribution in [2.75, 3.05) is 7.11 Å². The first-order valence-corrected chi connectivity index (χ1v) is 8.04. The van der Waals surface area contributed by atoms with Crippen molar-refractivity contribution < 1.29 is 18.7 Å². The van der Waals surface area contributed by atoms with Crippen molar-refractivity contribution in [3.8, 4) is 0 Å². The van der Waals surface area contributed by atoms with Crippen LogP contribution in [0, 0.1) is 0 Å². The molecule has 0 saturated heterocycles. The number of nitrogens with one attached hydrogen (secondary N) is 1. The number of para-hydroxylation sites is 1. The zero-order valence-electron chi connectivity index (χ0n) is 14.1. The van der Waals surface area contributed by atoms with Crippen LogP contribution in [-0.2, 0) is 16.0 Å². The maximum absolute atomic E-state index is 12.5. The third-order valence-corrected chi connectivity index (χ3v) is 3.93. The lowest BCUT2D eigenvalue weighted by Crippen LogP contribution is -2.43. The van der Waals surface area contributed by atoms with E-state index in [0.29, 0.717) is 11.0 Å². The molecule has 6 heteroatoms. The van der Waals surface area contributed by atoms with E-state index >= 15 is 0 Å². The molecule has 3 rings (SSSR count). The summed E-state index contributed by atoms with van der Waals surface area (Å²) in [4.78, 5) is 36.7. The summed E-state index contributed by atoms with van der Waals surface area (Å²) in [6, 6.07) is 16.1. The lowest BCUT2D eigenvalue weighted by Gasteiger charge is -2.16. The van der Waals surface area contributed by atoms with Gasteiger partial charge in [-0.3, -0.25) is 9.59 Å². The van der Waals surface area contributed by atoms with Crippen molar-refractivity contribution in [2.45, 2.75) is 12.5 Å². The van der Waals surface area contributed by atoms with Gasteiger partial charge in [0.2, 0.25) is 0 Å². The second-order valence-electron chi connectivity index (χ2n) is 5.71. The second kappa shape index (κ2) is 7.65. The van der Waals surface area contributed by atoms with Crippen LogP contribution >= 0.6 is 0 Å². The summed E-state index contributed by atoms with van der Waals surface area (Å²) in [6.45, 7) is 0. The number of rotatable bonds is 5. The molecule has 2 aromatic carbocycles. The number of carbonyl (C=O) groups excluding carboxylic acids is 2. The number of carbonyl (C=O) groups is 2. The van der Waals surface area contributed by atoms with Crippen LogP contribution in [0.3, 0.4) is 0 Å². The standard InChI is InChI=1S/C20H17NO5/c1-25-20(24)15(11-13-7-3-2-4-8-13)21-19(23)18-12-16(22)14-9-5-6-10-17(14)26-18/h2-10,12,15H,11H2,1H3,(H,21,23)/t15-/m0/s1. The first-order chi connectivity index (χ1) is 12.6. The quantitative estimate of drug-likeness (QED) is 0.713. The van der Waals surface area contributed by atoms with Crippen molar-refractivity contribution in [1.82, 2.24) is 5.32 Å². The number of amides is 1. The average Bonchev–Trinajstić information content (AvgIpc) is 2.67. The molecule has 0 fully saturated rings. The van der Waals surface area contributed by atoms with Gasteiger partial charge >= 0.3 is 5.97 Å². The van der Waals surface area contributed by atoms with E-state index in [4.69, 9.17) is 9.15 Å². The maximum Gasteiger partial charge on any atom is 0.328 e. The van der Waals surface area contributed by atoms with E-state index in [2.05, 4.69) is 5.32 Å². The number of hydrogen-bond acceptors (Lipinski definition) is 5. The molecule has 0 unspecified atom stereocenters. The molecular weight excluding hydrogens is 334 g/mol. The van der Waals surface area contributed by atoms with Crippen LogP contribution < -0.4 is 10.7 Å². The molecule has 26 heavy (non-hydrogen) atoms. The minimum absolute atomic E-state index is 0.157. The zero-order chi connectivity index (χ0) is 18.5. The summed E-state index contributed by atoms with van der Waals surface area (Å²) in [5, 5.41) is 2.97. The molecule has 0 bridgehead atoms. The average molecular weight is 351 g/mol. The van der Waals surface area contributed by atoms with E-state index in [1.165, 1.54) is 7.11 Å². The minimum atomic E-state index is -0.897. The SMILES string of the molecule is COC(=O)[C@H](Cc1ccccc1)NC(=O)c1cc(=O)c2ccccc2o1. The van der Waals surface area contributed by atoms with Crippen LogP contribution in [0.4, 0.5) is 0 Å². The van der Waals surface area contributed by atoms with E-state index in [1.807, 2.05) is 30.3 Å². The van der Waals surface area contributed by atoms with Crippen molar-refractivity contribution in [3.63, 3.8) is 0 Å². The molecule has 6 nitrogen and oxygen atoms in total. The number of benzene rings is 2. The highest BCUT2D eigenvalue weighted by molar-refractivity contribution is 5.95. The number of esters is 1. The fraction of sp³-hybridized carbons (Fsp3) is 0.150. The zero-order valence-corrected chi connectivity index (χ0v) is 14.1. The van der Waals surface area contributed by atoms with Gasteiger partial charge < -0.3 is 14.5 Å². The van der Waals surface area contributed by atoms with Gasteiger partial charge in [-0.2, -0.15) is 0 Å². The van der Waals surface area contributed by atoms with Crippen LogP contribution in [0.1, 0.15) is 16.1 Å². The van der Waals surface area contributed by atoms with Gasteiger partial charge in [0.05, 0.1) is 12.5 Å². The number of methoxy groups -OCH3 is 1. The third-order valence-electron chi connectivity index (χ3n) is 3.93. The van der Waals surface area contributed by atoms with Gasteiger partial charge in [0.25, 0.3) is 5.91 Å². The highest BCUT2D eigenvalue weighted by Gasteiger charge is 2.24. The Balaban J connectivity index is 1.85. The Bertz CT molecular complexity index is 994. The van der Waals surface area contributed by atoms with Crippen molar-refractivity contribution in [2.24, 2.45) is 0 Å². The molecule has 1 heterocycles. The fourth-order valence-corrected chi connectivity index (χ4v) is 2.63. The monoisotopic (exact) mass is 351 g/mol. The minimum Gasteiger partial charge on any atom is -0.467 e. The lowest BCUT2D eigenvalue weighted by molar-refractivity contribution is -0.142. The molecule has 0 saturated carbocycles. The largest absolute Gasteiger partial charge is 0.467 e. The first kappa shape index (κ1) is 17.4. The van der Waals surface area contributed by atoms with Crippen LogP contribution in [0.2, 0.25) is 0 Å². The van der Waals surface area contributed by atoms with Crippen molar-refractivity contribution >= 4 is 22.8 Å². The molecule has 0 aliphatic carbocycles. The van der Waals surface area contributed by atoms with Crippen molar-refractivity contribution in [1.29, 1.82) is 0 Å². The highest BCUT2D eigenvalue weighted by atomic mass is 16.5. The maximum atomic E-state index is 12.5. The Morgan fingerprint density at radius 2 is 1.77 bits per heavy atom. The third kappa shape index (κ3) is 3.80. The van der Waals surface area contributed by atoms with Crippen LogP contribution in [0.5, 0.6) is 0 Å². The van der Waals surface area contributed by atoms with Crippen molar-refractivity contribution in [3.05, 3.63) is 82.2 Å². The molecule has 3 aromatic rings. The molecule has 1 N–H and O–H groups in total. The smallest absolute Gasteiger partial charge is 0.328 e. The summed E-state index contributed by atoms with van der Waals surface area (Å²) < 4.78 is 10.3. The Kier molecular flexibility index (Phi) is 5.12. The van der Waals surface area contributed by atoms with E-state index in [-0.39, 0.29) is 17.6 Å². The number of ether oxygens (including phenoxy) is 1. The topological polar surface area (TPSA) is 85.6 Å². The van der Waals surface area contributed by atoms with Gasteiger partial charge in [-0.15, -0.1) is 0 Å².